The summed E-state index contributed by atoms with van der Waals surface area (Å²) in [6.07, 6.45) is -0.760. The fraction of sp³-hybridized carbons (Fsp3) is 0.526. The molecule has 3 heterocycles. The third kappa shape index (κ3) is 3.80. The third-order valence-electron chi connectivity index (χ3n) is 5.32. The number of nitrogens with zero attached hydrogens (tertiary/aromatic N) is 2. The number of rotatable bonds is 3. The van der Waals surface area contributed by atoms with Gasteiger partial charge in [0.05, 0.1) is 17.9 Å². The summed E-state index contributed by atoms with van der Waals surface area (Å²) in [5.41, 5.74) is 1.39. The van der Waals surface area contributed by atoms with Gasteiger partial charge in [-0.3, -0.25) is 4.90 Å². The zero-order valence-corrected chi connectivity index (χ0v) is 15.2. The fourth-order valence-corrected chi connectivity index (χ4v) is 4.75. The molecule has 0 N–H and O–H groups in total. The van der Waals surface area contributed by atoms with Crippen LogP contribution in [0.4, 0.5) is 13.2 Å². The quantitative estimate of drug-likeness (QED) is 0.760. The summed E-state index contributed by atoms with van der Waals surface area (Å²) >= 11 is 1.48. The average Bonchev–Trinajstić information content (AvgIpc) is 3.23. The van der Waals surface area contributed by atoms with Gasteiger partial charge in [0.25, 0.3) is 0 Å². The third-order valence-corrected chi connectivity index (χ3v) is 6.26. The highest BCUT2D eigenvalue weighted by atomic mass is 32.1. The molecule has 1 spiro atoms. The first-order chi connectivity index (χ1) is 12.4. The van der Waals surface area contributed by atoms with Crippen LogP contribution in [0.25, 0.3) is 10.6 Å². The molecule has 26 heavy (non-hydrogen) atoms. The first kappa shape index (κ1) is 17.9. The zero-order chi connectivity index (χ0) is 18.2. The Morgan fingerprint density at radius 2 is 2.00 bits per heavy atom. The minimum absolute atomic E-state index is 0.310. The molecule has 2 saturated heterocycles. The van der Waals surface area contributed by atoms with Crippen LogP contribution in [0.1, 0.15) is 30.5 Å². The average molecular weight is 382 g/mol. The molecule has 1 atom stereocenters. The Labute approximate surface area is 154 Å². The monoisotopic (exact) mass is 382 g/mol. The minimum atomic E-state index is -4.30. The van der Waals surface area contributed by atoms with Gasteiger partial charge in [0.1, 0.15) is 5.01 Å². The number of ether oxygens (including phenoxy) is 1. The van der Waals surface area contributed by atoms with E-state index >= 15 is 0 Å². The molecule has 0 aliphatic carbocycles. The zero-order valence-electron chi connectivity index (χ0n) is 14.4. The molecule has 2 fully saturated rings. The Kier molecular flexibility index (Phi) is 4.79. The SMILES string of the molecule is FC(F)(F)c1ccc(-c2nc(CN3CCC4(CCCOC4)C3)cs2)cc1. The largest absolute Gasteiger partial charge is 0.416 e. The van der Waals surface area contributed by atoms with Gasteiger partial charge in [-0.1, -0.05) is 12.1 Å². The summed E-state index contributed by atoms with van der Waals surface area (Å²) in [6, 6.07) is 5.22. The van der Waals surface area contributed by atoms with Crippen molar-refractivity contribution in [1.82, 2.24) is 9.88 Å². The maximum Gasteiger partial charge on any atom is 0.416 e. The molecule has 1 unspecified atom stereocenters. The molecule has 0 bridgehead atoms. The fourth-order valence-electron chi connectivity index (χ4n) is 3.94. The van der Waals surface area contributed by atoms with Crippen molar-refractivity contribution in [2.45, 2.75) is 32.0 Å². The highest BCUT2D eigenvalue weighted by Crippen LogP contribution is 2.38. The van der Waals surface area contributed by atoms with Gasteiger partial charge in [-0.05, 0) is 37.9 Å². The summed E-state index contributed by atoms with van der Waals surface area (Å²) < 4.78 is 43.7. The smallest absolute Gasteiger partial charge is 0.381 e. The lowest BCUT2D eigenvalue weighted by Crippen LogP contribution is -2.34. The van der Waals surface area contributed by atoms with E-state index in [1.165, 1.54) is 36.3 Å². The van der Waals surface area contributed by atoms with Gasteiger partial charge in [-0.2, -0.15) is 13.2 Å². The first-order valence-corrected chi connectivity index (χ1v) is 9.74. The molecule has 2 aliphatic heterocycles. The molecule has 0 saturated carbocycles. The van der Waals surface area contributed by atoms with Crippen molar-refractivity contribution in [1.29, 1.82) is 0 Å². The van der Waals surface area contributed by atoms with E-state index in [0.717, 1.165) is 67.7 Å². The summed E-state index contributed by atoms with van der Waals surface area (Å²) in [5.74, 6) is 0. The van der Waals surface area contributed by atoms with Crippen LogP contribution in [0.2, 0.25) is 0 Å². The molecule has 140 valence electrons. The van der Waals surface area contributed by atoms with Crippen LogP contribution in [0, 0.1) is 5.41 Å². The number of hydrogen-bond donors (Lipinski definition) is 0. The molecular weight excluding hydrogens is 361 g/mol. The summed E-state index contributed by atoms with van der Waals surface area (Å²) in [6.45, 7) is 4.62. The number of halogens is 3. The Morgan fingerprint density at radius 3 is 2.69 bits per heavy atom. The number of thiazole rings is 1. The minimum Gasteiger partial charge on any atom is -0.381 e. The van der Waals surface area contributed by atoms with Gasteiger partial charge in [-0.15, -0.1) is 11.3 Å². The van der Waals surface area contributed by atoms with Gasteiger partial charge in [0.2, 0.25) is 0 Å². The molecule has 0 radical (unpaired) electrons. The second kappa shape index (κ2) is 6.94. The molecule has 2 aromatic rings. The highest BCUT2D eigenvalue weighted by Gasteiger charge is 2.39. The van der Waals surface area contributed by atoms with Crippen molar-refractivity contribution in [3.05, 3.63) is 40.9 Å². The number of aromatic nitrogens is 1. The topological polar surface area (TPSA) is 25.4 Å². The maximum atomic E-state index is 12.7. The predicted octanol–water partition coefficient (Wildman–Crippen LogP) is 4.83. The summed E-state index contributed by atoms with van der Waals surface area (Å²) in [5, 5.41) is 2.78. The molecule has 4 rings (SSSR count). The van der Waals surface area contributed by atoms with E-state index in [4.69, 9.17) is 4.74 Å². The van der Waals surface area contributed by atoms with E-state index in [-0.39, 0.29) is 0 Å². The lowest BCUT2D eigenvalue weighted by Gasteiger charge is -2.33. The molecular formula is C19H21F3N2OS. The van der Waals surface area contributed by atoms with Crippen LogP contribution in [-0.4, -0.2) is 36.2 Å². The molecule has 2 aliphatic rings. The van der Waals surface area contributed by atoms with Crippen LogP contribution in [0.5, 0.6) is 0 Å². The molecule has 7 heteroatoms. The number of hydrogen-bond acceptors (Lipinski definition) is 4. The van der Waals surface area contributed by atoms with Crippen molar-refractivity contribution in [3.8, 4) is 10.6 Å². The van der Waals surface area contributed by atoms with Gasteiger partial charge >= 0.3 is 6.18 Å². The van der Waals surface area contributed by atoms with E-state index in [0.29, 0.717) is 5.41 Å². The van der Waals surface area contributed by atoms with Crippen LogP contribution < -0.4 is 0 Å². The van der Waals surface area contributed by atoms with Crippen molar-refractivity contribution in [2.24, 2.45) is 5.41 Å². The second-order valence-electron chi connectivity index (χ2n) is 7.34. The van der Waals surface area contributed by atoms with Gasteiger partial charge in [0.15, 0.2) is 0 Å². The number of benzene rings is 1. The first-order valence-electron chi connectivity index (χ1n) is 8.86. The molecule has 1 aromatic carbocycles. The Hall–Kier alpha value is -1.44. The summed E-state index contributed by atoms with van der Waals surface area (Å²) in [4.78, 5) is 7.05. The molecule has 0 amide bonds. The van der Waals surface area contributed by atoms with Crippen molar-refractivity contribution in [3.63, 3.8) is 0 Å². The Bertz CT molecular complexity index is 751. The standard InChI is InChI=1S/C19H21F3N2OS/c20-19(21,22)15-4-2-14(3-5-15)17-23-16(11-26-17)10-24-8-7-18(12-24)6-1-9-25-13-18/h2-5,11H,1,6-10,12-13H2. The Balaban J connectivity index is 1.41. The van der Waals surface area contributed by atoms with Crippen LogP contribution >= 0.6 is 11.3 Å². The number of likely N-dealkylation sites (tertiary alicyclic amines) is 1. The normalized spacial score (nSPS) is 24.4. The van der Waals surface area contributed by atoms with Crippen LogP contribution in [0.3, 0.4) is 0 Å². The van der Waals surface area contributed by atoms with Crippen LogP contribution in [-0.2, 0) is 17.5 Å². The predicted molar refractivity (Wildman–Crippen MR) is 94.9 cm³/mol. The second-order valence-corrected chi connectivity index (χ2v) is 8.19. The van der Waals surface area contributed by atoms with E-state index < -0.39 is 11.7 Å². The van der Waals surface area contributed by atoms with Crippen LogP contribution in [0.15, 0.2) is 29.6 Å². The highest BCUT2D eigenvalue weighted by molar-refractivity contribution is 7.13. The van der Waals surface area contributed by atoms with Gasteiger partial charge < -0.3 is 4.74 Å². The van der Waals surface area contributed by atoms with Gasteiger partial charge in [-0.25, -0.2) is 4.98 Å². The molecule has 1 aromatic heterocycles. The van der Waals surface area contributed by atoms with Crippen molar-refractivity contribution in [2.75, 3.05) is 26.3 Å². The van der Waals surface area contributed by atoms with E-state index in [1.54, 1.807) is 0 Å². The lowest BCUT2D eigenvalue weighted by atomic mass is 9.82. The van der Waals surface area contributed by atoms with Crippen molar-refractivity contribution >= 4 is 11.3 Å². The summed E-state index contributed by atoms with van der Waals surface area (Å²) in [7, 11) is 0. The maximum absolute atomic E-state index is 12.7. The van der Waals surface area contributed by atoms with E-state index in [9.17, 15) is 13.2 Å². The van der Waals surface area contributed by atoms with E-state index in [1.807, 2.05) is 5.38 Å². The van der Waals surface area contributed by atoms with Crippen molar-refractivity contribution < 1.29 is 17.9 Å². The lowest BCUT2D eigenvalue weighted by molar-refractivity contribution is -0.137. The Morgan fingerprint density at radius 1 is 1.19 bits per heavy atom. The van der Waals surface area contributed by atoms with Gasteiger partial charge in [0, 0.05) is 36.1 Å². The van der Waals surface area contributed by atoms with E-state index in [2.05, 4.69) is 9.88 Å². The number of alkyl halides is 3. The molecule has 3 nitrogen and oxygen atoms in total.